The highest BCUT2D eigenvalue weighted by molar-refractivity contribution is 6.30. The average Bonchev–Trinajstić information content (AvgIpc) is 2.87. The lowest BCUT2D eigenvalue weighted by Crippen LogP contribution is -2.21. The molecule has 0 spiro atoms. The second-order valence-corrected chi connectivity index (χ2v) is 7.91. The highest BCUT2D eigenvalue weighted by Crippen LogP contribution is 2.26. The first-order chi connectivity index (χ1) is 11.2. The molecular formula is C18H24ClN3O2. The molecule has 5 nitrogen and oxygen atoms in total. The van der Waals surface area contributed by atoms with Gasteiger partial charge < -0.3 is 4.74 Å². The lowest BCUT2D eigenvalue weighted by molar-refractivity contribution is 0.0839. The molecule has 1 heterocycles. The number of ether oxygens (including phenoxy) is 1. The van der Waals surface area contributed by atoms with Crippen molar-refractivity contribution in [3.05, 3.63) is 29.3 Å². The van der Waals surface area contributed by atoms with Gasteiger partial charge in [-0.3, -0.25) is 4.79 Å². The first kappa shape index (κ1) is 18.5. The number of rotatable bonds is 5. The minimum Gasteiger partial charge on any atom is -0.462 e. The number of aromatic nitrogens is 3. The lowest BCUT2D eigenvalue weighted by Gasteiger charge is -2.16. The van der Waals surface area contributed by atoms with Crippen molar-refractivity contribution in [2.24, 2.45) is 11.3 Å². The predicted octanol–water partition coefficient (Wildman–Crippen LogP) is 4.71. The van der Waals surface area contributed by atoms with Crippen LogP contribution in [0, 0.1) is 11.3 Å². The topological polar surface area (TPSA) is 57.0 Å². The molecule has 2 aromatic rings. The van der Waals surface area contributed by atoms with Gasteiger partial charge in [-0.25, -0.2) is 0 Å². The van der Waals surface area contributed by atoms with Gasteiger partial charge in [0, 0.05) is 17.0 Å². The molecule has 0 fully saturated rings. The highest BCUT2D eigenvalue weighted by Gasteiger charge is 2.23. The molecule has 0 bridgehead atoms. The second-order valence-electron chi connectivity index (χ2n) is 7.48. The van der Waals surface area contributed by atoms with E-state index in [4.69, 9.17) is 16.3 Å². The van der Waals surface area contributed by atoms with Crippen LogP contribution >= 0.6 is 11.6 Å². The van der Waals surface area contributed by atoms with E-state index >= 15 is 0 Å². The van der Waals surface area contributed by atoms with Crippen molar-refractivity contribution >= 4 is 17.5 Å². The number of nitrogens with zero attached hydrogens (tertiary/aromatic N) is 3. The summed E-state index contributed by atoms with van der Waals surface area (Å²) in [6.45, 7) is 10.6. The van der Waals surface area contributed by atoms with Gasteiger partial charge in [0.05, 0.1) is 6.61 Å². The molecule has 0 aliphatic carbocycles. The molecule has 0 saturated heterocycles. The van der Waals surface area contributed by atoms with Gasteiger partial charge in [0.1, 0.15) is 0 Å². The zero-order valence-electron chi connectivity index (χ0n) is 14.8. The van der Waals surface area contributed by atoms with Crippen molar-refractivity contribution in [3.8, 4) is 17.4 Å². The number of carbonyl (C=O) groups is 1. The van der Waals surface area contributed by atoms with Crippen molar-refractivity contribution < 1.29 is 9.53 Å². The first-order valence-electron chi connectivity index (χ1n) is 8.05. The van der Waals surface area contributed by atoms with Gasteiger partial charge in [-0.1, -0.05) is 58.4 Å². The van der Waals surface area contributed by atoms with Crippen LogP contribution in [0.1, 0.15) is 45.8 Å². The Kier molecular flexibility index (Phi) is 5.65. The number of halogens is 1. The van der Waals surface area contributed by atoms with Crippen LogP contribution in [0.15, 0.2) is 24.3 Å². The molecule has 130 valence electrons. The van der Waals surface area contributed by atoms with Crippen LogP contribution in [0.25, 0.3) is 11.4 Å². The van der Waals surface area contributed by atoms with Gasteiger partial charge in [0.2, 0.25) is 5.91 Å². The van der Waals surface area contributed by atoms with E-state index in [2.05, 4.69) is 10.1 Å². The van der Waals surface area contributed by atoms with Crippen LogP contribution in [-0.2, 0) is 0 Å². The number of hydrogen-bond acceptors (Lipinski definition) is 4. The Hall–Kier alpha value is -1.88. The lowest BCUT2D eigenvalue weighted by atomic mass is 9.92. The molecule has 0 N–H and O–H groups in total. The molecule has 0 atom stereocenters. The van der Waals surface area contributed by atoms with Gasteiger partial charge in [0.15, 0.2) is 5.82 Å². The quantitative estimate of drug-likeness (QED) is 0.784. The monoisotopic (exact) mass is 349 g/mol. The molecule has 0 unspecified atom stereocenters. The van der Waals surface area contributed by atoms with Crippen molar-refractivity contribution in [1.82, 2.24) is 14.8 Å². The fourth-order valence-electron chi connectivity index (χ4n) is 2.11. The van der Waals surface area contributed by atoms with Crippen molar-refractivity contribution in [1.29, 1.82) is 0 Å². The molecule has 24 heavy (non-hydrogen) atoms. The molecule has 1 aromatic heterocycles. The van der Waals surface area contributed by atoms with E-state index < -0.39 is 0 Å². The normalized spacial score (nSPS) is 11.8. The summed E-state index contributed by atoms with van der Waals surface area (Å²) in [5, 5.41) is 4.84. The van der Waals surface area contributed by atoms with Crippen LogP contribution in [0.4, 0.5) is 0 Å². The Labute approximate surface area is 148 Å². The summed E-state index contributed by atoms with van der Waals surface area (Å²) in [5.74, 6) is 0.673. The summed E-state index contributed by atoms with van der Waals surface area (Å²) >= 11 is 6.07. The summed E-state index contributed by atoms with van der Waals surface area (Å²) in [6, 6.07) is 7.42. The number of carbonyl (C=O) groups excluding carboxylic acids is 1. The molecule has 1 aromatic carbocycles. The van der Waals surface area contributed by atoms with E-state index in [0.717, 1.165) is 5.56 Å². The van der Waals surface area contributed by atoms with Gasteiger partial charge in [-0.15, -0.1) is 5.10 Å². The molecule has 0 amide bonds. The largest absolute Gasteiger partial charge is 0.462 e. The fraction of sp³-hybridized carbons (Fsp3) is 0.500. The van der Waals surface area contributed by atoms with E-state index in [0.29, 0.717) is 29.8 Å². The predicted molar refractivity (Wildman–Crippen MR) is 95.5 cm³/mol. The zero-order chi connectivity index (χ0) is 17.9. The third kappa shape index (κ3) is 5.06. The summed E-state index contributed by atoms with van der Waals surface area (Å²) in [4.78, 5) is 17.1. The van der Waals surface area contributed by atoms with Crippen LogP contribution in [0.2, 0.25) is 5.02 Å². The fourth-order valence-corrected chi connectivity index (χ4v) is 2.30. The molecule has 2 rings (SSSR count). The van der Waals surface area contributed by atoms with Gasteiger partial charge in [-0.05, 0) is 23.5 Å². The smallest absolute Gasteiger partial charge is 0.336 e. The van der Waals surface area contributed by atoms with Crippen molar-refractivity contribution in [3.63, 3.8) is 0 Å². The highest BCUT2D eigenvalue weighted by atomic mass is 35.5. The SMILES string of the molecule is CC(C)COc1nc(-c2cccc(Cl)c2)n(C(=O)CC(C)(C)C)n1. The molecule has 0 saturated carbocycles. The van der Waals surface area contributed by atoms with E-state index in [1.54, 1.807) is 12.1 Å². The minimum absolute atomic E-state index is 0.121. The Morgan fingerprint density at radius 3 is 2.62 bits per heavy atom. The van der Waals surface area contributed by atoms with E-state index in [9.17, 15) is 4.79 Å². The van der Waals surface area contributed by atoms with E-state index in [1.807, 2.05) is 46.8 Å². The Balaban J connectivity index is 2.40. The molecule has 0 aliphatic heterocycles. The van der Waals surface area contributed by atoms with Crippen molar-refractivity contribution in [2.75, 3.05) is 6.61 Å². The maximum absolute atomic E-state index is 12.7. The minimum atomic E-state index is -0.145. The van der Waals surface area contributed by atoms with E-state index in [1.165, 1.54) is 4.68 Å². The van der Waals surface area contributed by atoms with Crippen molar-refractivity contribution in [2.45, 2.75) is 41.0 Å². The maximum Gasteiger partial charge on any atom is 0.336 e. The van der Waals surface area contributed by atoms with E-state index in [-0.39, 0.29) is 17.3 Å². The van der Waals surface area contributed by atoms with Gasteiger partial charge >= 0.3 is 6.01 Å². The van der Waals surface area contributed by atoms with Gasteiger partial charge in [-0.2, -0.15) is 9.67 Å². The molecule has 6 heteroatoms. The molecular weight excluding hydrogens is 326 g/mol. The van der Waals surface area contributed by atoms with Gasteiger partial charge in [0.25, 0.3) is 0 Å². The van der Waals surface area contributed by atoms with Crippen LogP contribution in [-0.4, -0.2) is 27.3 Å². The summed E-state index contributed by atoms with van der Waals surface area (Å²) < 4.78 is 6.92. The number of benzene rings is 1. The molecule has 0 aliphatic rings. The average molecular weight is 350 g/mol. The van der Waals surface area contributed by atoms with Crippen LogP contribution < -0.4 is 4.74 Å². The molecule has 0 radical (unpaired) electrons. The Bertz CT molecular complexity index is 717. The number of hydrogen-bond donors (Lipinski definition) is 0. The summed E-state index contributed by atoms with van der Waals surface area (Å²) in [6.07, 6.45) is 0.355. The third-order valence-electron chi connectivity index (χ3n) is 3.13. The van der Waals surface area contributed by atoms with Crippen LogP contribution in [0.5, 0.6) is 6.01 Å². The standard InChI is InChI=1S/C18H24ClN3O2/c1-12(2)11-24-17-20-16(13-7-6-8-14(19)9-13)22(21-17)15(23)10-18(3,4)5/h6-9,12H,10-11H2,1-5H3. The Morgan fingerprint density at radius 2 is 2.04 bits per heavy atom. The maximum atomic E-state index is 12.7. The summed E-state index contributed by atoms with van der Waals surface area (Å²) in [5.41, 5.74) is 0.588. The first-order valence-corrected chi connectivity index (χ1v) is 8.42. The Morgan fingerprint density at radius 1 is 1.33 bits per heavy atom. The second kappa shape index (κ2) is 7.34. The third-order valence-corrected chi connectivity index (χ3v) is 3.37. The zero-order valence-corrected chi connectivity index (χ0v) is 15.6. The summed E-state index contributed by atoms with van der Waals surface area (Å²) in [7, 11) is 0. The van der Waals surface area contributed by atoms with Crippen LogP contribution in [0.3, 0.4) is 0 Å².